The summed E-state index contributed by atoms with van der Waals surface area (Å²) in [7, 11) is 0. The molecule has 0 aliphatic rings. The third-order valence-corrected chi connectivity index (χ3v) is 8.94. The summed E-state index contributed by atoms with van der Waals surface area (Å²) in [5.74, 6) is -10.2. The molecule has 0 aliphatic carbocycles. The second-order valence-corrected chi connectivity index (χ2v) is 12.2. The molecule has 0 bridgehead atoms. The van der Waals surface area contributed by atoms with Gasteiger partial charge in [-0.25, -0.2) is 22.0 Å². The van der Waals surface area contributed by atoms with E-state index in [-0.39, 0.29) is 12.0 Å². The highest BCUT2D eigenvalue weighted by Gasteiger charge is 2.29. The molecule has 0 spiro atoms. The number of hydrogen-bond donors (Lipinski definition) is 0. The highest BCUT2D eigenvalue weighted by atomic mass is 32.9. The minimum atomic E-state index is -3.02. The van der Waals surface area contributed by atoms with Crippen LogP contribution in [0.15, 0.2) is 0 Å². The molecule has 1 rings (SSSR count). The van der Waals surface area contributed by atoms with Crippen molar-refractivity contribution in [2.24, 2.45) is 5.92 Å². The monoisotopic (exact) mass is 436 g/mol. The molecule has 26 heavy (non-hydrogen) atoms. The fourth-order valence-corrected chi connectivity index (χ4v) is 6.78. The minimum Gasteiger partial charge on any atom is -0.321 e. The van der Waals surface area contributed by atoms with E-state index < -0.39 is 46.1 Å². The summed E-state index contributed by atoms with van der Waals surface area (Å²) in [6.45, 7) is 7.74. The zero-order valence-corrected chi connectivity index (χ0v) is 17.5. The van der Waals surface area contributed by atoms with Crippen molar-refractivity contribution in [1.29, 1.82) is 0 Å². The third kappa shape index (κ3) is 6.16. The maximum Gasteiger partial charge on any atom is 0.247 e. The van der Waals surface area contributed by atoms with Crippen LogP contribution in [0.5, 0.6) is 0 Å². The van der Waals surface area contributed by atoms with Crippen molar-refractivity contribution in [2.45, 2.75) is 52.4 Å². The highest BCUT2D eigenvalue weighted by Crippen LogP contribution is 2.63. The smallest absolute Gasteiger partial charge is 0.247 e. The summed E-state index contributed by atoms with van der Waals surface area (Å²) in [6.07, 6.45) is 1.40. The molecule has 0 saturated heterocycles. The van der Waals surface area contributed by atoms with Crippen LogP contribution >= 0.6 is 17.1 Å². The first-order valence-electron chi connectivity index (χ1n) is 8.14. The first-order valence-corrected chi connectivity index (χ1v) is 12.4. The van der Waals surface area contributed by atoms with Gasteiger partial charge in [0.25, 0.3) is 0 Å². The van der Waals surface area contributed by atoms with E-state index in [1.54, 1.807) is 13.8 Å². The van der Waals surface area contributed by atoms with Gasteiger partial charge in [-0.3, -0.25) is 0 Å². The summed E-state index contributed by atoms with van der Waals surface area (Å²) in [5.41, 5.74) is -3.96. The van der Waals surface area contributed by atoms with Gasteiger partial charge in [-0.2, -0.15) is 0 Å². The standard InChI is InChI=1S/C16H22F5O2PS2/c1-5-10(6-2)7-22-24(25,23-9(3)4)26-8-11-12(17)14(19)16(21)15(20)13(11)18/h9-10H,5-8H2,1-4H3. The van der Waals surface area contributed by atoms with Crippen molar-refractivity contribution in [3.05, 3.63) is 34.6 Å². The molecule has 0 N–H and O–H groups in total. The van der Waals surface area contributed by atoms with E-state index in [1.807, 2.05) is 13.8 Å². The van der Waals surface area contributed by atoms with Gasteiger partial charge in [-0.15, -0.1) is 0 Å². The molecule has 1 unspecified atom stereocenters. The van der Waals surface area contributed by atoms with Crippen LogP contribution in [0.25, 0.3) is 0 Å². The fourth-order valence-electron chi connectivity index (χ4n) is 2.00. The van der Waals surface area contributed by atoms with Crippen molar-refractivity contribution in [2.75, 3.05) is 6.61 Å². The van der Waals surface area contributed by atoms with Crippen LogP contribution in [0, 0.1) is 35.0 Å². The van der Waals surface area contributed by atoms with Gasteiger partial charge < -0.3 is 9.05 Å². The van der Waals surface area contributed by atoms with Crippen molar-refractivity contribution in [1.82, 2.24) is 0 Å². The van der Waals surface area contributed by atoms with Gasteiger partial charge in [0, 0.05) is 11.3 Å². The Hall–Kier alpha value is -0.210. The van der Waals surface area contributed by atoms with Crippen LogP contribution in [-0.2, 0) is 26.6 Å². The first-order chi connectivity index (χ1) is 12.1. The lowest BCUT2D eigenvalue weighted by atomic mass is 10.1. The van der Waals surface area contributed by atoms with E-state index in [0.29, 0.717) is 6.61 Å². The van der Waals surface area contributed by atoms with E-state index in [9.17, 15) is 22.0 Å². The lowest BCUT2D eigenvalue weighted by Gasteiger charge is -2.25. The zero-order valence-electron chi connectivity index (χ0n) is 15.0. The van der Waals surface area contributed by atoms with E-state index in [1.165, 1.54) is 0 Å². The Morgan fingerprint density at radius 2 is 1.38 bits per heavy atom. The van der Waals surface area contributed by atoms with E-state index in [2.05, 4.69) is 0 Å². The summed E-state index contributed by atoms with van der Waals surface area (Å²) in [6, 6.07) is 0. The Bertz CT molecular complexity index is 640. The van der Waals surface area contributed by atoms with E-state index >= 15 is 0 Å². The molecule has 150 valence electrons. The molecule has 0 fully saturated rings. The van der Waals surface area contributed by atoms with E-state index in [0.717, 1.165) is 24.2 Å². The van der Waals surface area contributed by atoms with Gasteiger partial charge in [0.15, 0.2) is 23.3 Å². The van der Waals surface area contributed by atoms with Crippen LogP contribution in [0.4, 0.5) is 22.0 Å². The number of benzene rings is 1. The van der Waals surface area contributed by atoms with Crippen molar-refractivity contribution >= 4 is 28.9 Å². The van der Waals surface area contributed by atoms with Crippen molar-refractivity contribution in [3.63, 3.8) is 0 Å². The molecular formula is C16H22F5O2PS2. The summed E-state index contributed by atoms with van der Waals surface area (Å²) >= 11 is 6.16. The Balaban J connectivity index is 3.02. The van der Waals surface area contributed by atoms with E-state index in [4.69, 9.17) is 20.9 Å². The maximum atomic E-state index is 13.8. The molecule has 2 nitrogen and oxygen atoms in total. The number of hydrogen-bond acceptors (Lipinski definition) is 4. The second-order valence-electron chi connectivity index (χ2n) is 5.90. The first kappa shape index (κ1) is 23.8. The molecule has 1 atom stereocenters. The fraction of sp³-hybridized carbons (Fsp3) is 0.625. The molecule has 0 saturated carbocycles. The molecule has 0 aliphatic heterocycles. The van der Waals surface area contributed by atoms with Gasteiger partial charge in [0.2, 0.25) is 11.5 Å². The van der Waals surface area contributed by atoms with Gasteiger partial charge >= 0.3 is 0 Å². The quantitative estimate of drug-likeness (QED) is 0.175. The van der Waals surface area contributed by atoms with Crippen LogP contribution < -0.4 is 0 Å². The van der Waals surface area contributed by atoms with Crippen molar-refractivity contribution in [3.8, 4) is 0 Å². The topological polar surface area (TPSA) is 18.5 Å². The largest absolute Gasteiger partial charge is 0.321 e. The summed E-state index contributed by atoms with van der Waals surface area (Å²) < 4.78 is 78.8. The third-order valence-electron chi connectivity index (χ3n) is 3.63. The predicted molar refractivity (Wildman–Crippen MR) is 98.1 cm³/mol. The van der Waals surface area contributed by atoms with Crippen LogP contribution in [0.3, 0.4) is 0 Å². The second kappa shape index (κ2) is 10.4. The van der Waals surface area contributed by atoms with Gasteiger partial charge in [-0.1, -0.05) is 38.1 Å². The molecule has 0 radical (unpaired) electrons. The summed E-state index contributed by atoms with van der Waals surface area (Å²) in [4.78, 5) is 0. The normalized spacial score (nSPS) is 14.3. The highest BCUT2D eigenvalue weighted by molar-refractivity contribution is 8.67. The molecule has 0 heterocycles. The zero-order chi connectivity index (χ0) is 20.1. The Morgan fingerprint density at radius 3 is 1.81 bits per heavy atom. The van der Waals surface area contributed by atoms with Gasteiger partial charge in [-0.05, 0) is 31.6 Å². The molecule has 1 aromatic carbocycles. The summed E-state index contributed by atoms with van der Waals surface area (Å²) in [5, 5.41) is 0. The Labute approximate surface area is 159 Å². The van der Waals surface area contributed by atoms with Gasteiger partial charge in [0.05, 0.1) is 12.7 Å². The maximum absolute atomic E-state index is 13.8. The molecule has 10 heteroatoms. The SMILES string of the molecule is CCC(CC)COP(=S)(OC(C)C)SCc1c(F)c(F)c(F)c(F)c1F. The average Bonchev–Trinajstić information content (AvgIpc) is 2.58. The Morgan fingerprint density at radius 1 is 0.923 bits per heavy atom. The predicted octanol–water partition coefficient (Wildman–Crippen LogP) is 6.72. The molecule has 0 amide bonds. The Kier molecular flexibility index (Phi) is 9.50. The lowest BCUT2D eigenvalue weighted by Crippen LogP contribution is -2.10. The van der Waals surface area contributed by atoms with Crippen LogP contribution in [-0.4, -0.2) is 12.7 Å². The molecule has 0 aromatic heterocycles. The molecular weight excluding hydrogens is 414 g/mol. The lowest BCUT2D eigenvalue weighted by molar-refractivity contribution is 0.190. The van der Waals surface area contributed by atoms with Crippen molar-refractivity contribution < 1.29 is 31.0 Å². The van der Waals surface area contributed by atoms with Crippen LogP contribution in [0.1, 0.15) is 46.1 Å². The van der Waals surface area contributed by atoms with Crippen LogP contribution in [0.2, 0.25) is 0 Å². The van der Waals surface area contributed by atoms with Gasteiger partial charge in [0.1, 0.15) is 0 Å². The number of rotatable bonds is 10. The average molecular weight is 436 g/mol. The molecule has 1 aromatic rings. The number of halogens is 5. The minimum absolute atomic E-state index is 0.239.